The number of nitrogens with one attached hydrogen (secondary N) is 1. The first-order valence-corrected chi connectivity index (χ1v) is 6.97. The van der Waals surface area contributed by atoms with E-state index in [1.165, 1.54) is 32.6 Å². The highest BCUT2D eigenvalue weighted by atomic mass is 35.5. The van der Waals surface area contributed by atoms with Crippen LogP contribution in [0.5, 0.6) is 17.2 Å². The van der Waals surface area contributed by atoms with Gasteiger partial charge in [-0.05, 0) is 36.4 Å². The van der Waals surface area contributed by atoms with E-state index in [0.717, 1.165) is 0 Å². The van der Waals surface area contributed by atoms with Gasteiger partial charge < -0.3 is 14.6 Å². The molecule has 0 heterocycles. The lowest BCUT2D eigenvalue weighted by Gasteiger charge is -2.08. The van der Waals surface area contributed by atoms with Crippen molar-refractivity contribution in [2.75, 3.05) is 14.2 Å². The molecule has 0 aliphatic heterocycles. The van der Waals surface area contributed by atoms with Crippen LogP contribution in [0.25, 0.3) is 0 Å². The number of aromatic hydroxyl groups is 1. The summed E-state index contributed by atoms with van der Waals surface area (Å²) in [5.74, 6) is 0.551. The molecule has 0 aromatic heterocycles. The summed E-state index contributed by atoms with van der Waals surface area (Å²) in [6.45, 7) is 0. The number of hydrogen-bond donors (Lipinski definition) is 2. The topological polar surface area (TPSA) is 80.2 Å². The predicted octanol–water partition coefficient (Wildman–Crippen LogP) is 2.83. The standard InChI is InChI=1S/C16H15ClN2O4/c1-22-14-6-3-10(8-15(14)23-2)16(21)19-18-9-11-7-12(17)4-5-13(11)20/h3-9,20H,1-2H3,(H,19,21). The maximum absolute atomic E-state index is 12.0. The highest BCUT2D eigenvalue weighted by Gasteiger charge is 2.10. The number of hydrogen-bond acceptors (Lipinski definition) is 5. The van der Waals surface area contributed by atoms with E-state index in [1.807, 2.05) is 0 Å². The maximum atomic E-state index is 12.0. The van der Waals surface area contributed by atoms with E-state index in [9.17, 15) is 9.90 Å². The average Bonchev–Trinajstić information content (AvgIpc) is 2.57. The lowest BCUT2D eigenvalue weighted by Crippen LogP contribution is -2.17. The van der Waals surface area contributed by atoms with Crippen molar-refractivity contribution in [2.24, 2.45) is 5.10 Å². The van der Waals surface area contributed by atoms with Crippen LogP contribution in [0.15, 0.2) is 41.5 Å². The number of methoxy groups -OCH3 is 2. The van der Waals surface area contributed by atoms with Crippen molar-refractivity contribution >= 4 is 23.7 Å². The van der Waals surface area contributed by atoms with Gasteiger partial charge in [-0.15, -0.1) is 0 Å². The molecular formula is C16H15ClN2O4. The molecule has 2 N–H and O–H groups in total. The molecule has 0 radical (unpaired) electrons. The largest absolute Gasteiger partial charge is 0.507 e. The van der Waals surface area contributed by atoms with Crippen LogP contribution in [-0.2, 0) is 0 Å². The normalized spacial score (nSPS) is 10.6. The molecule has 0 saturated heterocycles. The van der Waals surface area contributed by atoms with E-state index in [2.05, 4.69) is 10.5 Å². The fourth-order valence-corrected chi connectivity index (χ4v) is 2.01. The molecule has 0 bridgehead atoms. The zero-order valence-electron chi connectivity index (χ0n) is 12.5. The Labute approximate surface area is 138 Å². The molecule has 0 fully saturated rings. The van der Waals surface area contributed by atoms with E-state index < -0.39 is 5.91 Å². The number of ether oxygens (including phenoxy) is 2. The molecule has 120 valence electrons. The zero-order chi connectivity index (χ0) is 16.8. The van der Waals surface area contributed by atoms with Crippen LogP contribution in [0.2, 0.25) is 5.02 Å². The number of benzene rings is 2. The quantitative estimate of drug-likeness (QED) is 0.651. The van der Waals surface area contributed by atoms with Crippen LogP contribution in [-0.4, -0.2) is 31.4 Å². The van der Waals surface area contributed by atoms with Gasteiger partial charge in [-0.2, -0.15) is 5.10 Å². The van der Waals surface area contributed by atoms with Crippen LogP contribution in [0, 0.1) is 0 Å². The Morgan fingerprint density at radius 2 is 1.91 bits per heavy atom. The molecule has 0 spiro atoms. The van der Waals surface area contributed by atoms with Crippen molar-refractivity contribution < 1.29 is 19.4 Å². The highest BCUT2D eigenvalue weighted by molar-refractivity contribution is 6.30. The highest BCUT2D eigenvalue weighted by Crippen LogP contribution is 2.27. The third-order valence-electron chi connectivity index (χ3n) is 3.01. The first kappa shape index (κ1) is 16.6. The van der Waals surface area contributed by atoms with Gasteiger partial charge in [0.25, 0.3) is 5.91 Å². The van der Waals surface area contributed by atoms with E-state index in [0.29, 0.717) is 27.6 Å². The first-order chi connectivity index (χ1) is 11.0. The molecule has 23 heavy (non-hydrogen) atoms. The number of carbonyl (C=O) groups is 1. The summed E-state index contributed by atoms with van der Waals surface area (Å²) in [6, 6.07) is 9.28. The second-order valence-electron chi connectivity index (χ2n) is 4.47. The molecule has 0 unspecified atom stereocenters. The van der Waals surface area contributed by atoms with Crippen molar-refractivity contribution in [3.8, 4) is 17.2 Å². The SMILES string of the molecule is COc1ccc(C(=O)NN=Cc2cc(Cl)ccc2O)cc1OC. The molecule has 2 rings (SSSR count). The van der Waals surface area contributed by atoms with Gasteiger partial charge in [0.15, 0.2) is 11.5 Å². The number of phenols is 1. The summed E-state index contributed by atoms with van der Waals surface area (Å²) in [5, 5.41) is 13.9. The minimum absolute atomic E-state index is 0.0125. The minimum Gasteiger partial charge on any atom is -0.507 e. The summed E-state index contributed by atoms with van der Waals surface area (Å²) >= 11 is 5.83. The van der Waals surface area contributed by atoms with E-state index >= 15 is 0 Å². The van der Waals surface area contributed by atoms with Crippen molar-refractivity contribution in [3.63, 3.8) is 0 Å². The number of amides is 1. The van der Waals surface area contributed by atoms with Crippen LogP contribution >= 0.6 is 11.6 Å². The van der Waals surface area contributed by atoms with Crippen LogP contribution in [0.4, 0.5) is 0 Å². The summed E-state index contributed by atoms with van der Waals surface area (Å²) in [5.41, 5.74) is 3.11. The number of phenolic OH excluding ortho intramolecular Hbond substituents is 1. The smallest absolute Gasteiger partial charge is 0.271 e. The number of hydrazone groups is 1. The van der Waals surface area contributed by atoms with Crippen LogP contribution < -0.4 is 14.9 Å². The third-order valence-corrected chi connectivity index (χ3v) is 3.24. The Hall–Kier alpha value is -2.73. The molecular weight excluding hydrogens is 320 g/mol. The zero-order valence-corrected chi connectivity index (χ0v) is 13.3. The van der Waals surface area contributed by atoms with Gasteiger partial charge in [0, 0.05) is 16.1 Å². The number of nitrogens with zero attached hydrogens (tertiary/aromatic N) is 1. The predicted molar refractivity (Wildman–Crippen MR) is 87.7 cm³/mol. The van der Waals surface area contributed by atoms with Crippen molar-refractivity contribution in [1.29, 1.82) is 0 Å². The average molecular weight is 335 g/mol. The Morgan fingerprint density at radius 3 is 2.61 bits per heavy atom. The van der Waals surface area contributed by atoms with Gasteiger partial charge in [-0.1, -0.05) is 11.6 Å². The summed E-state index contributed by atoms with van der Waals surface area (Å²) in [7, 11) is 3.00. The lowest BCUT2D eigenvalue weighted by atomic mass is 10.2. The Balaban J connectivity index is 2.10. The molecule has 2 aromatic rings. The first-order valence-electron chi connectivity index (χ1n) is 6.59. The molecule has 6 nitrogen and oxygen atoms in total. The number of rotatable bonds is 5. The lowest BCUT2D eigenvalue weighted by molar-refractivity contribution is 0.0954. The molecule has 1 amide bonds. The summed E-state index contributed by atoms with van der Waals surface area (Å²) in [4.78, 5) is 12.0. The summed E-state index contributed by atoms with van der Waals surface area (Å²) in [6.07, 6.45) is 1.31. The molecule has 0 aliphatic rings. The summed E-state index contributed by atoms with van der Waals surface area (Å²) < 4.78 is 10.2. The fourth-order valence-electron chi connectivity index (χ4n) is 1.83. The number of halogens is 1. The molecule has 7 heteroatoms. The van der Waals surface area contributed by atoms with Gasteiger partial charge in [-0.25, -0.2) is 5.43 Å². The van der Waals surface area contributed by atoms with E-state index in [-0.39, 0.29) is 5.75 Å². The molecule has 0 atom stereocenters. The second kappa shape index (κ2) is 7.51. The van der Waals surface area contributed by atoms with Crippen molar-refractivity contribution in [2.45, 2.75) is 0 Å². The second-order valence-corrected chi connectivity index (χ2v) is 4.91. The minimum atomic E-state index is -0.427. The Kier molecular flexibility index (Phi) is 5.43. The van der Waals surface area contributed by atoms with Crippen LogP contribution in [0.1, 0.15) is 15.9 Å². The van der Waals surface area contributed by atoms with Gasteiger partial charge in [-0.3, -0.25) is 4.79 Å². The van der Waals surface area contributed by atoms with Gasteiger partial charge in [0.1, 0.15) is 5.75 Å². The maximum Gasteiger partial charge on any atom is 0.271 e. The molecule has 0 saturated carbocycles. The van der Waals surface area contributed by atoms with E-state index in [4.69, 9.17) is 21.1 Å². The van der Waals surface area contributed by atoms with Crippen molar-refractivity contribution in [1.82, 2.24) is 5.43 Å². The van der Waals surface area contributed by atoms with E-state index in [1.54, 1.807) is 24.3 Å². The Bertz CT molecular complexity index is 747. The monoisotopic (exact) mass is 334 g/mol. The van der Waals surface area contributed by atoms with Crippen LogP contribution in [0.3, 0.4) is 0 Å². The fraction of sp³-hybridized carbons (Fsp3) is 0.125. The van der Waals surface area contributed by atoms with Crippen molar-refractivity contribution in [3.05, 3.63) is 52.5 Å². The van der Waals surface area contributed by atoms with Gasteiger partial charge >= 0.3 is 0 Å². The third kappa shape index (κ3) is 4.14. The Morgan fingerprint density at radius 1 is 1.17 bits per heavy atom. The van der Waals surface area contributed by atoms with Gasteiger partial charge in [0.2, 0.25) is 0 Å². The number of carbonyl (C=O) groups excluding carboxylic acids is 1. The van der Waals surface area contributed by atoms with Gasteiger partial charge in [0.05, 0.1) is 20.4 Å². The molecule has 0 aliphatic carbocycles. The molecule has 2 aromatic carbocycles.